The second kappa shape index (κ2) is 2.37. The van der Waals surface area contributed by atoms with Gasteiger partial charge in [0, 0.05) is 6.92 Å². The SMILES string of the molecule is CC(=O)c1nc2ncncc2[nH]1. The Labute approximate surface area is 67.9 Å². The fraction of sp³-hybridized carbons (Fsp3) is 0.143. The Kier molecular flexibility index (Phi) is 1.36. The van der Waals surface area contributed by atoms with Crippen LogP contribution in [-0.4, -0.2) is 25.7 Å². The van der Waals surface area contributed by atoms with Gasteiger partial charge < -0.3 is 4.98 Å². The quantitative estimate of drug-likeness (QED) is 0.622. The Balaban J connectivity index is 2.70. The summed E-state index contributed by atoms with van der Waals surface area (Å²) < 4.78 is 0. The van der Waals surface area contributed by atoms with Gasteiger partial charge in [-0.3, -0.25) is 4.79 Å². The van der Waals surface area contributed by atoms with Crippen molar-refractivity contribution in [2.24, 2.45) is 0 Å². The van der Waals surface area contributed by atoms with Gasteiger partial charge in [0.15, 0.2) is 17.3 Å². The molecule has 0 radical (unpaired) electrons. The molecule has 2 rings (SSSR count). The molecule has 0 atom stereocenters. The van der Waals surface area contributed by atoms with E-state index in [4.69, 9.17) is 0 Å². The number of H-pyrrole nitrogens is 1. The first-order valence-electron chi connectivity index (χ1n) is 3.44. The van der Waals surface area contributed by atoms with E-state index < -0.39 is 0 Å². The highest BCUT2D eigenvalue weighted by Crippen LogP contribution is 2.05. The van der Waals surface area contributed by atoms with Crippen molar-refractivity contribution < 1.29 is 4.79 Å². The minimum atomic E-state index is -0.104. The summed E-state index contributed by atoms with van der Waals surface area (Å²) in [5, 5.41) is 0. The molecule has 1 N–H and O–H groups in total. The second-order valence-electron chi connectivity index (χ2n) is 2.40. The number of imidazole rings is 1. The number of nitrogens with one attached hydrogen (secondary N) is 1. The van der Waals surface area contributed by atoms with Gasteiger partial charge in [-0.05, 0) is 0 Å². The molecule has 0 saturated carbocycles. The molecule has 0 spiro atoms. The number of Topliss-reactive ketones (excluding diaryl/α,β-unsaturated/α-hetero) is 1. The second-order valence-corrected chi connectivity index (χ2v) is 2.40. The van der Waals surface area contributed by atoms with E-state index in [1.165, 1.54) is 13.3 Å². The minimum absolute atomic E-state index is 0.104. The van der Waals surface area contributed by atoms with E-state index in [9.17, 15) is 4.79 Å². The molecule has 2 aromatic rings. The maximum Gasteiger partial charge on any atom is 0.195 e. The predicted molar refractivity (Wildman–Crippen MR) is 41.7 cm³/mol. The van der Waals surface area contributed by atoms with Crippen molar-refractivity contribution in [2.75, 3.05) is 0 Å². The smallest absolute Gasteiger partial charge is 0.195 e. The Morgan fingerprint density at radius 1 is 1.58 bits per heavy atom. The summed E-state index contributed by atoms with van der Waals surface area (Å²) in [6.07, 6.45) is 2.98. The Morgan fingerprint density at radius 2 is 2.42 bits per heavy atom. The molecule has 5 heteroatoms. The predicted octanol–water partition coefficient (Wildman–Crippen LogP) is 0.555. The zero-order valence-electron chi connectivity index (χ0n) is 6.40. The Hall–Kier alpha value is -1.78. The van der Waals surface area contributed by atoms with Crippen molar-refractivity contribution in [3.63, 3.8) is 0 Å². The molecule has 0 aliphatic rings. The van der Waals surface area contributed by atoms with Crippen molar-refractivity contribution in [3.05, 3.63) is 18.3 Å². The highest BCUT2D eigenvalue weighted by Gasteiger charge is 2.06. The number of fused-ring (bicyclic) bond motifs is 1. The van der Waals surface area contributed by atoms with Crippen LogP contribution >= 0.6 is 0 Å². The number of nitrogens with zero attached hydrogens (tertiary/aromatic N) is 3. The summed E-state index contributed by atoms with van der Waals surface area (Å²) in [6.45, 7) is 1.45. The first-order chi connectivity index (χ1) is 5.77. The first-order valence-corrected chi connectivity index (χ1v) is 3.44. The number of aromatic nitrogens is 4. The van der Waals surface area contributed by atoms with Gasteiger partial charge in [0.2, 0.25) is 0 Å². The summed E-state index contributed by atoms with van der Waals surface area (Å²) in [5.41, 5.74) is 1.21. The van der Waals surface area contributed by atoms with E-state index in [0.29, 0.717) is 17.0 Å². The molecule has 0 aliphatic heterocycles. The molecule has 0 aromatic carbocycles. The summed E-state index contributed by atoms with van der Waals surface area (Å²) in [5.74, 6) is 0.221. The van der Waals surface area contributed by atoms with Crippen LogP contribution in [0.2, 0.25) is 0 Å². The highest BCUT2D eigenvalue weighted by atomic mass is 16.1. The molecule has 60 valence electrons. The fourth-order valence-corrected chi connectivity index (χ4v) is 0.929. The Morgan fingerprint density at radius 3 is 3.08 bits per heavy atom. The average molecular weight is 162 g/mol. The number of rotatable bonds is 1. The number of carbonyl (C=O) groups is 1. The molecule has 12 heavy (non-hydrogen) atoms. The normalized spacial score (nSPS) is 10.4. The van der Waals surface area contributed by atoms with Crippen LogP contribution in [0.3, 0.4) is 0 Å². The highest BCUT2D eigenvalue weighted by molar-refractivity contribution is 5.93. The van der Waals surface area contributed by atoms with Gasteiger partial charge in [-0.15, -0.1) is 0 Å². The van der Waals surface area contributed by atoms with Crippen LogP contribution in [0.1, 0.15) is 17.5 Å². The van der Waals surface area contributed by atoms with Gasteiger partial charge in [0.05, 0.1) is 6.20 Å². The average Bonchev–Trinajstić information content (AvgIpc) is 2.46. The zero-order chi connectivity index (χ0) is 8.55. The number of hydrogen-bond donors (Lipinski definition) is 1. The van der Waals surface area contributed by atoms with Crippen LogP contribution in [0.25, 0.3) is 11.2 Å². The zero-order valence-corrected chi connectivity index (χ0v) is 6.40. The third kappa shape index (κ3) is 0.952. The van der Waals surface area contributed by atoms with Gasteiger partial charge in [0.1, 0.15) is 11.8 Å². The van der Waals surface area contributed by atoms with Crippen LogP contribution in [0, 0.1) is 0 Å². The lowest BCUT2D eigenvalue weighted by Gasteiger charge is -1.81. The number of aromatic amines is 1. The maximum atomic E-state index is 10.9. The maximum absolute atomic E-state index is 10.9. The lowest BCUT2D eigenvalue weighted by atomic mass is 10.4. The van der Waals surface area contributed by atoms with Crippen LogP contribution in [-0.2, 0) is 0 Å². The van der Waals surface area contributed by atoms with E-state index in [1.807, 2.05) is 0 Å². The molecule has 2 heterocycles. The number of hydrogen-bond acceptors (Lipinski definition) is 4. The minimum Gasteiger partial charge on any atom is -0.333 e. The molecule has 2 aromatic heterocycles. The first kappa shape index (κ1) is 6.90. The van der Waals surface area contributed by atoms with Gasteiger partial charge in [-0.25, -0.2) is 15.0 Å². The summed E-state index contributed by atoms with van der Waals surface area (Å²) in [7, 11) is 0. The van der Waals surface area contributed by atoms with Crippen LogP contribution in [0.5, 0.6) is 0 Å². The molecule has 0 fully saturated rings. The monoisotopic (exact) mass is 162 g/mol. The molecule has 0 saturated heterocycles. The fourth-order valence-electron chi connectivity index (χ4n) is 0.929. The van der Waals surface area contributed by atoms with Crippen molar-refractivity contribution in [1.29, 1.82) is 0 Å². The third-order valence-corrected chi connectivity index (χ3v) is 1.50. The molecular formula is C7H6N4O. The van der Waals surface area contributed by atoms with Crippen molar-refractivity contribution in [1.82, 2.24) is 19.9 Å². The van der Waals surface area contributed by atoms with Crippen molar-refractivity contribution >= 4 is 16.9 Å². The lowest BCUT2D eigenvalue weighted by molar-refractivity contribution is 0.100. The van der Waals surface area contributed by atoms with Gasteiger partial charge >= 0.3 is 0 Å². The van der Waals surface area contributed by atoms with E-state index in [0.717, 1.165) is 0 Å². The Bertz CT molecular complexity index is 401. The van der Waals surface area contributed by atoms with Crippen LogP contribution in [0.15, 0.2) is 12.5 Å². The summed E-state index contributed by atoms with van der Waals surface area (Å²) >= 11 is 0. The van der Waals surface area contributed by atoms with E-state index in [-0.39, 0.29) is 5.78 Å². The summed E-state index contributed by atoms with van der Waals surface area (Å²) in [6, 6.07) is 0. The van der Waals surface area contributed by atoms with E-state index >= 15 is 0 Å². The molecule has 0 amide bonds. The number of ketones is 1. The van der Waals surface area contributed by atoms with Crippen molar-refractivity contribution in [2.45, 2.75) is 6.92 Å². The van der Waals surface area contributed by atoms with Gasteiger partial charge in [0.25, 0.3) is 0 Å². The van der Waals surface area contributed by atoms with Gasteiger partial charge in [-0.2, -0.15) is 0 Å². The molecule has 5 nitrogen and oxygen atoms in total. The molecule has 0 bridgehead atoms. The van der Waals surface area contributed by atoms with Gasteiger partial charge in [-0.1, -0.05) is 0 Å². The largest absolute Gasteiger partial charge is 0.333 e. The number of carbonyl (C=O) groups excluding carboxylic acids is 1. The van der Waals surface area contributed by atoms with Crippen molar-refractivity contribution in [3.8, 4) is 0 Å². The standard InChI is InChI=1S/C7H6N4O/c1-4(12)6-10-5-2-8-3-9-7(5)11-6/h2-3H,1H3,(H,8,9,10,11). The third-order valence-electron chi connectivity index (χ3n) is 1.50. The van der Waals surface area contributed by atoms with Crippen LogP contribution in [0.4, 0.5) is 0 Å². The van der Waals surface area contributed by atoms with E-state index in [2.05, 4.69) is 19.9 Å². The summed E-state index contributed by atoms with van der Waals surface area (Å²) in [4.78, 5) is 25.3. The molecule has 0 unspecified atom stereocenters. The lowest BCUT2D eigenvalue weighted by Crippen LogP contribution is -1.93. The van der Waals surface area contributed by atoms with Crippen LogP contribution < -0.4 is 0 Å². The molecular weight excluding hydrogens is 156 g/mol. The molecule has 0 aliphatic carbocycles. The van der Waals surface area contributed by atoms with E-state index in [1.54, 1.807) is 6.20 Å². The topological polar surface area (TPSA) is 71.5 Å².